The Hall–Kier alpha value is -2.08. The Bertz CT molecular complexity index is 541. The van der Waals surface area contributed by atoms with Crippen LogP contribution >= 0.6 is 0 Å². The predicted octanol–water partition coefficient (Wildman–Crippen LogP) is 0.825. The average molecular weight is 332 g/mol. The molecule has 24 heavy (non-hydrogen) atoms. The molecule has 2 amide bonds. The predicted molar refractivity (Wildman–Crippen MR) is 95.7 cm³/mol. The van der Waals surface area contributed by atoms with Crippen molar-refractivity contribution in [2.24, 2.45) is 11.7 Å². The van der Waals surface area contributed by atoms with Crippen molar-refractivity contribution in [3.8, 4) is 0 Å². The number of hydrogen-bond donors (Lipinski definition) is 2. The van der Waals surface area contributed by atoms with Gasteiger partial charge in [-0.15, -0.1) is 0 Å². The summed E-state index contributed by atoms with van der Waals surface area (Å²) >= 11 is 0. The number of amides is 2. The first-order valence-electron chi connectivity index (χ1n) is 8.64. The van der Waals surface area contributed by atoms with Crippen LogP contribution < -0.4 is 16.0 Å². The van der Waals surface area contributed by atoms with Gasteiger partial charge in [0.1, 0.15) is 0 Å². The van der Waals surface area contributed by atoms with E-state index in [2.05, 4.69) is 22.3 Å². The monoisotopic (exact) mass is 332 g/mol. The smallest absolute Gasteiger partial charge is 0.242 e. The van der Waals surface area contributed by atoms with E-state index >= 15 is 0 Å². The van der Waals surface area contributed by atoms with Gasteiger partial charge in [0.05, 0.1) is 12.6 Å². The van der Waals surface area contributed by atoms with Crippen LogP contribution in [0.3, 0.4) is 0 Å². The first-order chi connectivity index (χ1) is 11.5. The lowest BCUT2D eigenvalue weighted by Gasteiger charge is -2.36. The maximum absolute atomic E-state index is 12.3. The quantitative estimate of drug-likeness (QED) is 0.809. The summed E-state index contributed by atoms with van der Waals surface area (Å²) in [6.07, 6.45) is 0.837. The van der Waals surface area contributed by atoms with Crippen LogP contribution in [0.4, 0.5) is 5.69 Å². The summed E-state index contributed by atoms with van der Waals surface area (Å²) < 4.78 is 0. The van der Waals surface area contributed by atoms with Crippen LogP contribution in [-0.4, -0.2) is 55.5 Å². The zero-order valence-corrected chi connectivity index (χ0v) is 14.6. The van der Waals surface area contributed by atoms with Crippen molar-refractivity contribution < 1.29 is 9.59 Å². The fraction of sp³-hybridized carbons (Fsp3) is 0.556. The molecule has 6 heteroatoms. The molecule has 1 fully saturated rings. The van der Waals surface area contributed by atoms with Crippen LogP contribution in [0.1, 0.15) is 20.3 Å². The minimum Gasteiger partial charge on any atom is -0.368 e. The molecule has 1 heterocycles. The molecule has 2 unspecified atom stereocenters. The Morgan fingerprint density at radius 1 is 1.17 bits per heavy atom. The zero-order valence-electron chi connectivity index (χ0n) is 14.6. The minimum atomic E-state index is -0.558. The van der Waals surface area contributed by atoms with Gasteiger partial charge in [-0.2, -0.15) is 0 Å². The fourth-order valence-corrected chi connectivity index (χ4v) is 2.76. The second-order valence-electron chi connectivity index (χ2n) is 6.33. The van der Waals surface area contributed by atoms with Crippen molar-refractivity contribution >= 4 is 17.5 Å². The summed E-state index contributed by atoms with van der Waals surface area (Å²) in [5, 5.41) is 2.67. The van der Waals surface area contributed by atoms with Gasteiger partial charge < -0.3 is 20.9 Å². The molecule has 0 radical (unpaired) electrons. The Morgan fingerprint density at radius 2 is 1.79 bits per heavy atom. The lowest BCUT2D eigenvalue weighted by Crippen LogP contribution is -2.53. The number of rotatable bonds is 6. The van der Waals surface area contributed by atoms with E-state index in [-0.39, 0.29) is 24.3 Å². The maximum atomic E-state index is 12.3. The highest BCUT2D eigenvalue weighted by atomic mass is 16.2. The summed E-state index contributed by atoms with van der Waals surface area (Å²) in [5.74, 6) is -0.192. The second-order valence-corrected chi connectivity index (χ2v) is 6.33. The van der Waals surface area contributed by atoms with E-state index in [1.165, 1.54) is 5.69 Å². The molecule has 3 N–H and O–H groups in total. The molecule has 1 saturated heterocycles. The van der Waals surface area contributed by atoms with E-state index in [0.717, 1.165) is 19.5 Å². The number of benzene rings is 1. The summed E-state index contributed by atoms with van der Waals surface area (Å²) in [5.41, 5.74) is 7.05. The molecule has 1 aromatic rings. The highest BCUT2D eigenvalue weighted by molar-refractivity contribution is 5.87. The first kappa shape index (κ1) is 18.3. The third-order valence-electron chi connectivity index (χ3n) is 4.73. The molecule has 0 bridgehead atoms. The second kappa shape index (κ2) is 8.68. The van der Waals surface area contributed by atoms with Crippen LogP contribution in [0.5, 0.6) is 0 Å². The fourth-order valence-electron chi connectivity index (χ4n) is 2.76. The van der Waals surface area contributed by atoms with Crippen molar-refractivity contribution in [2.75, 3.05) is 37.6 Å². The molecule has 1 aliphatic rings. The van der Waals surface area contributed by atoms with Gasteiger partial charge in [0, 0.05) is 31.9 Å². The molecule has 2 atom stereocenters. The van der Waals surface area contributed by atoms with Gasteiger partial charge in [0.25, 0.3) is 0 Å². The number of para-hydroxylation sites is 1. The molecule has 0 aromatic heterocycles. The largest absolute Gasteiger partial charge is 0.368 e. The molecule has 1 aromatic carbocycles. The highest BCUT2D eigenvalue weighted by Crippen LogP contribution is 2.15. The van der Waals surface area contributed by atoms with E-state index in [9.17, 15) is 9.59 Å². The lowest BCUT2D eigenvalue weighted by atomic mass is 9.99. The third-order valence-corrected chi connectivity index (χ3v) is 4.73. The number of nitrogens with one attached hydrogen (secondary N) is 1. The molecular weight excluding hydrogens is 304 g/mol. The summed E-state index contributed by atoms with van der Waals surface area (Å²) in [6.45, 7) is 6.90. The normalized spacial score (nSPS) is 17.3. The van der Waals surface area contributed by atoms with Gasteiger partial charge in [-0.05, 0) is 18.1 Å². The van der Waals surface area contributed by atoms with Crippen LogP contribution in [0.15, 0.2) is 30.3 Å². The van der Waals surface area contributed by atoms with Gasteiger partial charge in [-0.25, -0.2) is 0 Å². The van der Waals surface area contributed by atoms with Crippen LogP contribution in [0.25, 0.3) is 0 Å². The van der Waals surface area contributed by atoms with E-state index < -0.39 is 6.04 Å². The minimum absolute atomic E-state index is 0.0221. The van der Waals surface area contributed by atoms with Gasteiger partial charge in [0.2, 0.25) is 11.8 Å². The number of carbonyl (C=O) groups excluding carboxylic acids is 2. The SMILES string of the molecule is CCC(C)C(N)C(=O)NCC(=O)N1CCN(c2ccccc2)CC1. The molecule has 2 rings (SSSR count). The van der Waals surface area contributed by atoms with E-state index in [1.54, 1.807) is 4.90 Å². The molecule has 6 nitrogen and oxygen atoms in total. The summed E-state index contributed by atoms with van der Waals surface area (Å²) in [7, 11) is 0. The van der Waals surface area contributed by atoms with Gasteiger partial charge >= 0.3 is 0 Å². The number of hydrogen-bond acceptors (Lipinski definition) is 4. The first-order valence-corrected chi connectivity index (χ1v) is 8.64. The number of piperazine rings is 1. The Morgan fingerprint density at radius 3 is 2.38 bits per heavy atom. The number of nitrogens with zero attached hydrogens (tertiary/aromatic N) is 2. The van der Waals surface area contributed by atoms with Crippen molar-refractivity contribution in [2.45, 2.75) is 26.3 Å². The number of carbonyl (C=O) groups is 2. The van der Waals surface area contributed by atoms with E-state index in [0.29, 0.717) is 13.1 Å². The maximum Gasteiger partial charge on any atom is 0.242 e. The van der Waals surface area contributed by atoms with Crippen molar-refractivity contribution in [1.82, 2.24) is 10.2 Å². The van der Waals surface area contributed by atoms with Crippen molar-refractivity contribution in [1.29, 1.82) is 0 Å². The topological polar surface area (TPSA) is 78.7 Å². The van der Waals surface area contributed by atoms with Crippen LogP contribution in [0.2, 0.25) is 0 Å². The van der Waals surface area contributed by atoms with Gasteiger partial charge in [-0.1, -0.05) is 38.5 Å². The standard InChI is InChI=1S/C18H28N4O2/c1-3-14(2)17(19)18(24)20-13-16(23)22-11-9-21(10-12-22)15-7-5-4-6-8-15/h4-8,14,17H,3,9-13,19H2,1-2H3,(H,20,24). The molecule has 1 aliphatic heterocycles. The van der Waals surface area contributed by atoms with Gasteiger partial charge in [0.15, 0.2) is 0 Å². The van der Waals surface area contributed by atoms with Gasteiger partial charge in [-0.3, -0.25) is 9.59 Å². The summed E-state index contributed by atoms with van der Waals surface area (Å²) in [6, 6.07) is 9.63. The Kier molecular flexibility index (Phi) is 6.61. The zero-order chi connectivity index (χ0) is 17.5. The Labute approximate surface area is 144 Å². The number of anilines is 1. The van der Waals surface area contributed by atoms with E-state index in [4.69, 9.17) is 5.73 Å². The molecule has 0 aliphatic carbocycles. The van der Waals surface area contributed by atoms with Crippen molar-refractivity contribution in [3.63, 3.8) is 0 Å². The van der Waals surface area contributed by atoms with E-state index in [1.807, 2.05) is 32.0 Å². The summed E-state index contributed by atoms with van der Waals surface area (Å²) in [4.78, 5) is 28.3. The van der Waals surface area contributed by atoms with Crippen LogP contribution in [-0.2, 0) is 9.59 Å². The highest BCUT2D eigenvalue weighted by Gasteiger charge is 2.23. The molecular formula is C18H28N4O2. The lowest BCUT2D eigenvalue weighted by molar-refractivity contribution is -0.133. The molecule has 132 valence electrons. The van der Waals surface area contributed by atoms with Crippen LogP contribution in [0, 0.1) is 5.92 Å². The number of nitrogens with two attached hydrogens (primary N) is 1. The molecule has 0 saturated carbocycles. The Balaban J connectivity index is 1.76. The average Bonchev–Trinajstić information content (AvgIpc) is 2.65. The third kappa shape index (κ3) is 4.71. The van der Waals surface area contributed by atoms with Crippen molar-refractivity contribution in [3.05, 3.63) is 30.3 Å². The molecule has 0 spiro atoms.